The predicted octanol–water partition coefficient (Wildman–Crippen LogP) is 2.75. The smallest absolute Gasteiger partial charge is 0.216 e. The maximum Gasteiger partial charge on any atom is 0.216 e. The van der Waals surface area contributed by atoms with Crippen LogP contribution in [0.25, 0.3) is 0 Å². The van der Waals surface area contributed by atoms with Gasteiger partial charge in [-0.2, -0.15) is 0 Å². The van der Waals surface area contributed by atoms with Crippen LogP contribution in [0.15, 0.2) is 15.9 Å². The molecule has 118 valence electrons. The zero-order chi connectivity index (χ0) is 15.4. The summed E-state index contributed by atoms with van der Waals surface area (Å²) in [6, 6.07) is 2.59. The van der Waals surface area contributed by atoms with E-state index in [0.29, 0.717) is 12.0 Å². The molecular formula is C15H24BrN3OS. The van der Waals surface area contributed by atoms with Gasteiger partial charge in [-0.05, 0) is 60.8 Å². The van der Waals surface area contributed by atoms with E-state index in [1.54, 1.807) is 18.3 Å². The standard InChI is InChI=1S/C15H24BrN3OS/c1-10(17)15(14-7-13(16)9-21-14)19-5-3-12(4-6-19)8-18-11(2)20/h7,9-10,12,15H,3-6,8,17H2,1-2H3,(H,18,20). The molecule has 1 aliphatic heterocycles. The van der Waals surface area contributed by atoms with Gasteiger partial charge in [-0.15, -0.1) is 11.3 Å². The molecule has 2 rings (SSSR count). The minimum Gasteiger partial charge on any atom is -0.356 e. The first-order chi connectivity index (χ1) is 9.97. The van der Waals surface area contributed by atoms with E-state index in [0.717, 1.165) is 36.9 Å². The Balaban J connectivity index is 1.93. The van der Waals surface area contributed by atoms with Crippen LogP contribution in [0, 0.1) is 5.92 Å². The third-order valence-electron chi connectivity index (χ3n) is 4.06. The molecule has 0 saturated carbocycles. The van der Waals surface area contributed by atoms with Gasteiger partial charge >= 0.3 is 0 Å². The highest BCUT2D eigenvalue weighted by Crippen LogP contribution is 2.33. The van der Waals surface area contributed by atoms with E-state index in [1.165, 1.54) is 4.88 Å². The highest BCUT2D eigenvalue weighted by atomic mass is 79.9. The lowest BCUT2D eigenvalue weighted by molar-refractivity contribution is -0.119. The monoisotopic (exact) mass is 373 g/mol. The van der Waals surface area contributed by atoms with E-state index in [4.69, 9.17) is 5.73 Å². The summed E-state index contributed by atoms with van der Waals surface area (Å²) in [6.07, 6.45) is 2.24. The normalized spacial score (nSPS) is 20.2. The fraction of sp³-hybridized carbons (Fsp3) is 0.667. The second kappa shape index (κ2) is 7.72. The Hall–Kier alpha value is -0.430. The van der Waals surface area contributed by atoms with Gasteiger partial charge in [0.2, 0.25) is 5.91 Å². The summed E-state index contributed by atoms with van der Waals surface area (Å²) in [4.78, 5) is 14.8. The van der Waals surface area contributed by atoms with Gasteiger partial charge in [-0.25, -0.2) is 0 Å². The van der Waals surface area contributed by atoms with Gasteiger partial charge in [0.05, 0.1) is 6.04 Å². The average Bonchev–Trinajstić information content (AvgIpc) is 2.84. The number of amides is 1. The van der Waals surface area contributed by atoms with Crippen molar-refractivity contribution >= 4 is 33.2 Å². The molecule has 0 aromatic carbocycles. The Morgan fingerprint density at radius 2 is 2.24 bits per heavy atom. The van der Waals surface area contributed by atoms with E-state index in [-0.39, 0.29) is 11.9 Å². The number of hydrogen-bond acceptors (Lipinski definition) is 4. The van der Waals surface area contributed by atoms with Crippen LogP contribution in [0.3, 0.4) is 0 Å². The number of nitrogens with two attached hydrogens (primary N) is 1. The molecule has 1 saturated heterocycles. The molecule has 0 bridgehead atoms. The first kappa shape index (κ1) is 16.9. The molecule has 4 nitrogen and oxygen atoms in total. The fourth-order valence-corrected chi connectivity index (χ4v) is 4.67. The molecule has 1 amide bonds. The van der Waals surface area contributed by atoms with Crippen LogP contribution in [-0.2, 0) is 4.79 Å². The maximum atomic E-state index is 11.0. The number of nitrogens with zero attached hydrogens (tertiary/aromatic N) is 1. The molecule has 6 heteroatoms. The van der Waals surface area contributed by atoms with Crippen LogP contribution >= 0.6 is 27.3 Å². The Morgan fingerprint density at radius 1 is 1.57 bits per heavy atom. The molecule has 1 aromatic heterocycles. The lowest BCUT2D eigenvalue weighted by Gasteiger charge is -2.39. The van der Waals surface area contributed by atoms with Crippen molar-refractivity contribution in [3.05, 3.63) is 20.8 Å². The quantitative estimate of drug-likeness (QED) is 0.833. The molecule has 1 aliphatic rings. The third kappa shape index (κ3) is 4.77. The highest BCUT2D eigenvalue weighted by Gasteiger charge is 2.29. The van der Waals surface area contributed by atoms with Gasteiger partial charge in [0, 0.05) is 34.2 Å². The summed E-state index contributed by atoms with van der Waals surface area (Å²) in [5.41, 5.74) is 6.23. The van der Waals surface area contributed by atoms with Gasteiger partial charge in [-0.3, -0.25) is 9.69 Å². The SMILES string of the molecule is CC(=O)NCC1CCN(C(c2cc(Br)cs2)C(C)N)CC1. The van der Waals surface area contributed by atoms with E-state index < -0.39 is 0 Å². The topological polar surface area (TPSA) is 58.4 Å². The fourth-order valence-electron chi connectivity index (χ4n) is 2.98. The Kier molecular flexibility index (Phi) is 6.22. The van der Waals surface area contributed by atoms with Crippen molar-refractivity contribution in [2.75, 3.05) is 19.6 Å². The molecule has 2 unspecified atom stereocenters. The van der Waals surface area contributed by atoms with E-state index >= 15 is 0 Å². The van der Waals surface area contributed by atoms with Crippen molar-refractivity contribution in [3.63, 3.8) is 0 Å². The summed E-state index contributed by atoms with van der Waals surface area (Å²) < 4.78 is 1.13. The largest absolute Gasteiger partial charge is 0.356 e. The maximum absolute atomic E-state index is 11.0. The Morgan fingerprint density at radius 3 is 2.71 bits per heavy atom. The molecule has 0 radical (unpaired) electrons. The number of nitrogens with one attached hydrogen (secondary N) is 1. The lowest BCUT2D eigenvalue weighted by atomic mass is 9.94. The summed E-state index contributed by atoms with van der Waals surface area (Å²) in [7, 11) is 0. The molecule has 0 aliphatic carbocycles. The second-order valence-corrected chi connectivity index (χ2v) is 7.75. The molecule has 1 aromatic rings. The van der Waals surface area contributed by atoms with Crippen LogP contribution in [0.1, 0.15) is 37.6 Å². The second-order valence-electron chi connectivity index (χ2n) is 5.89. The minimum absolute atomic E-state index is 0.0642. The van der Waals surface area contributed by atoms with Gasteiger partial charge in [0.15, 0.2) is 0 Å². The van der Waals surface area contributed by atoms with Crippen LogP contribution in [0.4, 0.5) is 0 Å². The van der Waals surface area contributed by atoms with Gasteiger partial charge < -0.3 is 11.1 Å². The Labute approximate surface area is 139 Å². The first-order valence-corrected chi connectivity index (χ1v) is 9.12. The Bertz CT molecular complexity index is 469. The number of carbonyl (C=O) groups excluding carboxylic acids is 1. The summed E-state index contributed by atoms with van der Waals surface area (Å²) in [6.45, 7) is 6.56. The van der Waals surface area contributed by atoms with Crippen molar-refractivity contribution in [2.45, 2.75) is 38.8 Å². The average molecular weight is 374 g/mol. The molecular weight excluding hydrogens is 350 g/mol. The molecule has 2 heterocycles. The summed E-state index contributed by atoms with van der Waals surface area (Å²) in [5, 5.41) is 5.05. The molecule has 0 spiro atoms. The number of rotatable bonds is 5. The van der Waals surface area contributed by atoms with Crippen molar-refractivity contribution in [1.82, 2.24) is 10.2 Å². The van der Waals surface area contributed by atoms with Crippen LogP contribution < -0.4 is 11.1 Å². The number of hydrogen-bond donors (Lipinski definition) is 2. The number of likely N-dealkylation sites (tertiary alicyclic amines) is 1. The van der Waals surface area contributed by atoms with Gasteiger partial charge in [-0.1, -0.05) is 0 Å². The zero-order valence-corrected chi connectivity index (χ0v) is 15.0. The molecule has 2 atom stereocenters. The van der Waals surface area contributed by atoms with Crippen LogP contribution in [0.2, 0.25) is 0 Å². The minimum atomic E-state index is 0.0642. The van der Waals surface area contributed by atoms with Gasteiger partial charge in [0.25, 0.3) is 0 Å². The number of piperidine rings is 1. The molecule has 3 N–H and O–H groups in total. The number of carbonyl (C=O) groups is 1. The molecule has 1 fully saturated rings. The van der Waals surface area contributed by atoms with Crippen molar-refractivity contribution in [2.24, 2.45) is 11.7 Å². The predicted molar refractivity (Wildman–Crippen MR) is 91.4 cm³/mol. The number of halogens is 1. The van der Waals surface area contributed by atoms with E-state index in [1.807, 2.05) is 0 Å². The zero-order valence-electron chi connectivity index (χ0n) is 12.6. The van der Waals surface area contributed by atoms with Crippen LogP contribution in [-0.4, -0.2) is 36.5 Å². The van der Waals surface area contributed by atoms with Crippen molar-refractivity contribution in [3.8, 4) is 0 Å². The van der Waals surface area contributed by atoms with E-state index in [2.05, 4.69) is 44.5 Å². The lowest BCUT2D eigenvalue weighted by Crippen LogP contribution is -2.44. The third-order valence-corrected chi connectivity index (χ3v) is 5.82. The van der Waals surface area contributed by atoms with Crippen molar-refractivity contribution < 1.29 is 4.79 Å². The highest BCUT2D eigenvalue weighted by molar-refractivity contribution is 9.10. The van der Waals surface area contributed by atoms with Crippen LogP contribution in [0.5, 0.6) is 0 Å². The molecule has 21 heavy (non-hydrogen) atoms. The first-order valence-electron chi connectivity index (χ1n) is 7.45. The number of thiophene rings is 1. The van der Waals surface area contributed by atoms with Gasteiger partial charge in [0.1, 0.15) is 0 Å². The summed E-state index contributed by atoms with van der Waals surface area (Å²) in [5.74, 6) is 0.656. The van der Waals surface area contributed by atoms with Crippen molar-refractivity contribution in [1.29, 1.82) is 0 Å². The summed E-state index contributed by atoms with van der Waals surface area (Å²) >= 11 is 5.30. The van der Waals surface area contributed by atoms with E-state index in [9.17, 15) is 4.79 Å².